The van der Waals surface area contributed by atoms with E-state index in [1.165, 1.54) is 36.8 Å². The average Bonchev–Trinajstić information content (AvgIpc) is 3.00. The fourth-order valence-corrected chi connectivity index (χ4v) is 3.23. The SMILES string of the molecule is CC(CCNCc1ccc2c(c1)CCC2)c1ccccc1. The molecule has 1 atom stereocenters. The zero-order chi connectivity index (χ0) is 14.5. The summed E-state index contributed by atoms with van der Waals surface area (Å²) in [6.07, 6.45) is 5.07. The van der Waals surface area contributed by atoms with Crippen molar-refractivity contribution in [2.45, 2.75) is 45.1 Å². The highest BCUT2D eigenvalue weighted by Gasteiger charge is 2.10. The van der Waals surface area contributed by atoms with Crippen molar-refractivity contribution in [1.29, 1.82) is 0 Å². The maximum atomic E-state index is 3.59. The molecule has 3 rings (SSSR count). The van der Waals surface area contributed by atoms with E-state index in [0.29, 0.717) is 5.92 Å². The quantitative estimate of drug-likeness (QED) is 0.770. The summed E-state index contributed by atoms with van der Waals surface area (Å²) in [6.45, 7) is 4.38. The van der Waals surface area contributed by atoms with Crippen molar-refractivity contribution in [2.24, 2.45) is 0 Å². The molecule has 2 aromatic rings. The molecule has 110 valence electrons. The molecule has 0 spiro atoms. The number of nitrogens with one attached hydrogen (secondary N) is 1. The molecule has 0 bridgehead atoms. The second-order valence-corrected chi connectivity index (χ2v) is 6.23. The monoisotopic (exact) mass is 279 g/mol. The third-order valence-electron chi connectivity index (χ3n) is 4.61. The van der Waals surface area contributed by atoms with Crippen molar-refractivity contribution in [3.8, 4) is 0 Å². The van der Waals surface area contributed by atoms with Gasteiger partial charge in [-0.3, -0.25) is 0 Å². The van der Waals surface area contributed by atoms with Gasteiger partial charge in [0.25, 0.3) is 0 Å². The highest BCUT2D eigenvalue weighted by atomic mass is 14.8. The van der Waals surface area contributed by atoms with Crippen LogP contribution in [0.4, 0.5) is 0 Å². The van der Waals surface area contributed by atoms with Crippen molar-refractivity contribution in [1.82, 2.24) is 5.32 Å². The van der Waals surface area contributed by atoms with Gasteiger partial charge in [-0.25, -0.2) is 0 Å². The second-order valence-electron chi connectivity index (χ2n) is 6.23. The Morgan fingerprint density at radius 3 is 2.67 bits per heavy atom. The molecule has 0 saturated carbocycles. The number of aryl methyl sites for hydroxylation is 2. The van der Waals surface area contributed by atoms with Gasteiger partial charge in [0, 0.05) is 6.54 Å². The second kappa shape index (κ2) is 6.91. The Balaban J connectivity index is 1.44. The van der Waals surface area contributed by atoms with E-state index in [0.717, 1.165) is 13.1 Å². The molecule has 1 nitrogen and oxygen atoms in total. The standard InChI is InChI=1S/C20H25N/c1-16(18-6-3-2-4-7-18)12-13-21-15-17-10-11-19-8-5-9-20(19)14-17/h2-4,6-7,10-11,14,16,21H,5,8-9,12-13,15H2,1H3. The lowest BCUT2D eigenvalue weighted by Crippen LogP contribution is -2.16. The van der Waals surface area contributed by atoms with E-state index in [4.69, 9.17) is 0 Å². The summed E-state index contributed by atoms with van der Waals surface area (Å²) in [4.78, 5) is 0. The molecule has 0 fully saturated rings. The van der Waals surface area contributed by atoms with Crippen LogP contribution in [-0.2, 0) is 19.4 Å². The van der Waals surface area contributed by atoms with Gasteiger partial charge in [-0.15, -0.1) is 0 Å². The molecule has 1 heteroatoms. The van der Waals surface area contributed by atoms with Crippen LogP contribution in [0.1, 0.15) is 47.9 Å². The van der Waals surface area contributed by atoms with Gasteiger partial charge in [0.15, 0.2) is 0 Å². The Hall–Kier alpha value is -1.60. The summed E-state index contributed by atoms with van der Waals surface area (Å²) in [7, 11) is 0. The Bertz CT molecular complexity index is 574. The molecular formula is C20H25N. The van der Waals surface area contributed by atoms with Crippen molar-refractivity contribution >= 4 is 0 Å². The molecule has 1 unspecified atom stereocenters. The number of benzene rings is 2. The largest absolute Gasteiger partial charge is 0.313 e. The van der Waals surface area contributed by atoms with Crippen LogP contribution in [0.25, 0.3) is 0 Å². The summed E-state index contributed by atoms with van der Waals surface area (Å²) in [6, 6.07) is 17.8. The minimum atomic E-state index is 0.624. The van der Waals surface area contributed by atoms with Crippen LogP contribution < -0.4 is 5.32 Å². The highest BCUT2D eigenvalue weighted by Crippen LogP contribution is 2.23. The maximum absolute atomic E-state index is 3.59. The summed E-state index contributed by atoms with van der Waals surface area (Å²) in [5, 5.41) is 3.59. The van der Waals surface area contributed by atoms with Gasteiger partial charge in [0.1, 0.15) is 0 Å². The molecule has 0 radical (unpaired) electrons. The first kappa shape index (κ1) is 14.3. The molecule has 1 aliphatic rings. The van der Waals surface area contributed by atoms with Crippen LogP contribution in [0.5, 0.6) is 0 Å². The first-order valence-electron chi connectivity index (χ1n) is 8.19. The van der Waals surface area contributed by atoms with E-state index >= 15 is 0 Å². The molecule has 0 heterocycles. The molecule has 0 amide bonds. The molecule has 21 heavy (non-hydrogen) atoms. The zero-order valence-electron chi connectivity index (χ0n) is 12.9. The number of fused-ring (bicyclic) bond motifs is 1. The smallest absolute Gasteiger partial charge is 0.0205 e. The van der Waals surface area contributed by atoms with Crippen LogP contribution in [0.3, 0.4) is 0 Å². The Morgan fingerprint density at radius 1 is 1.00 bits per heavy atom. The zero-order valence-corrected chi connectivity index (χ0v) is 12.9. The predicted molar refractivity (Wildman–Crippen MR) is 89.6 cm³/mol. The molecular weight excluding hydrogens is 254 g/mol. The Morgan fingerprint density at radius 2 is 1.81 bits per heavy atom. The van der Waals surface area contributed by atoms with E-state index in [9.17, 15) is 0 Å². The maximum Gasteiger partial charge on any atom is 0.0205 e. The molecule has 1 N–H and O–H groups in total. The number of hydrogen-bond donors (Lipinski definition) is 1. The van der Waals surface area contributed by atoms with Gasteiger partial charge in [0.05, 0.1) is 0 Å². The van der Waals surface area contributed by atoms with Gasteiger partial charge in [0.2, 0.25) is 0 Å². The van der Waals surface area contributed by atoms with E-state index in [-0.39, 0.29) is 0 Å². The predicted octanol–water partition coefficient (Wildman–Crippen LogP) is 4.46. The average molecular weight is 279 g/mol. The van der Waals surface area contributed by atoms with E-state index < -0.39 is 0 Å². The summed E-state index contributed by atoms with van der Waals surface area (Å²) in [5.41, 5.74) is 6.02. The molecule has 0 aromatic heterocycles. The van der Waals surface area contributed by atoms with Crippen LogP contribution in [0.15, 0.2) is 48.5 Å². The van der Waals surface area contributed by atoms with Crippen molar-refractivity contribution in [3.05, 3.63) is 70.8 Å². The van der Waals surface area contributed by atoms with Crippen LogP contribution >= 0.6 is 0 Å². The number of hydrogen-bond acceptors (Lipinski definition) is 1. The lowest BCUT2D eigenvalue weighted by atomic mass is 9.98. The molecule has 0 saturated heterocycles. The van der Waals surface area contributed by atoms with Gasteiger partial charge >= 0.3 is 0 Å². The van der Waals surface area contributed by atoms with E-state index in [1.807, 2.05) is 0 Å². The Labute approximate surface area is 128 Å². The number of rotatable bonds is 6. The third kappa shape index (κ3) is 3.74. The van der Waals surface area contributed by atoms with Gasteiger partial charge in [-0.1, -0.05) is 55.5 Å². The highest BCUT2D eigenvalue weighted by molar-refractivity contribution is 5.35. The van der Waals surface area contributed by atoms with Crippen molar-refractivity contribution < 1.29 is 0 Å². The van der Waals surface area contributed by atoms with Gasteiger partial charge in [-0.2, -0.15) is 0 Å². The van der Waals surface area contributed by atoms with Crippen LogP contribution in [-0.4, -0.2) is 6.54 Å². The lowest BCUT2D eigenvalue weighted by Gasteiger charge is -2.12. The first-order valence-corrected chi connectivity index (χ1v) is 8.19. The van der Waals surface area contributed by atoms with Gasteiger partial charge in [-0.05, 0) is 60.4 Å². The fourth-order valence-electron chi connectivity index (χ4n) is 3.23. The van der Waals surface area contributed by atoms with Crippen molar-refractivity contribution in [2.75, 3.05) is 6.54 Å². The molecule has 1 aliphatic carbocycles. The first-order chi connectivity index (χ1) is 10.3. The van der Waals surface area contributed by atoms with Crippen LogP contribution in [0.2, 0.25) is 0 Å². The summed E-state index contributed by atoms with van der Waals surface area (Å²) >= 11 is 0. The van der Waals surface area contributed by atoms with E-state index in [2.05, 4.69) is 60.8 Å². The Kier molecular flexibility index (Phi) is 4.72. The third-order valence-corrected chi connectivity index (χ3v) is 4.61. The summed E-state index contributed by atoms with van der Waals surface area (Å²) < 4.78 is 0. The lowest BCUT2D eigenvalue weighted by molar-refractivity contribution is 0.594. The molecule has 2 aromatic carbocycles. The minimum Gasteiger partial charge on any atom is -0.313 e. The minimum absolute atomic E-state index is 0.624. The van der Waals surface area contributed by atoms with Gasteiger partial charge < -0.3 is 5.32 Å². The summed E-state index contributed by atoms with van der Waals surface area (Å²) in [5.74, 6) is 0.624. The van der Waals surface area contributed by atoms with E-state index in [1.54, 1.807) is 11.1 Å². The normalized spacial score (nSPS) is 14.9. The fraction of sp³-hybridized carbons (Fsp3) is 0.400. The van der Waals surface area contributed by atoms with Crippen LogP contribution in [0, 0.1) is 0 Å². The topological polar surface area (TPSA) is 12.0 Å². The van der Waals surface area contributed by atoms with Crippen molar-refractivity contribution in [3.63, 3.8) is 0 Å². The molecule has 0 aliphatic heterocycles.